The van der Waals surface area contributed by atoms with E-state index in [0.29, 0.717) is 10.6 Å². The molecule has 0 spiro atoms. The molecule has 1 heterocycles. The molecule has 1 aromatic heterocycles. The van der Waals surface area contributed by atoms with Gasteiger partial charge < -0.3 is 9.84 Å². The highest BCUT2D eigenvalue weighted by Gasteiger charge is 2.17. The Hall–Kier alpha value is -1.88. The second-order valence-corrected chi connectivity index (χ2v) is 4.65. The van der Waals surface area contributed by atoms with Crippen molar-refractivity contribution in [1.82, 2.24) is 4.98 Å². The van der Waals surface area contributed by atoms with Crippen molar-refractivity contribution in [1.29, 1.82) is 0 Å². The number of rotatable bonds is 3. The Morgan fingerprint density at radius 3 is 2.88 bits per heavy atom. The molecule has 4 nitrogen and oxygen atoms in total. The largest absolute Gasteiger partial charge is 0.497 e. The van der Waals surface area contributed by atoms with E-state index >= 15 is 0 Å². The molecule has 2 aromatic rings. The summed E-state index contributed by atoms with van der Waals surface area (Å²) < 4.78 is 5.12. The van der Waals surface area contributed by atoms with Gasteiger partial charge in [0.25, 0.3) is 0 Å². The summed E-state index contributed by atoms with van der Waals surface area (Å²) in [5.74, 6) is -0.308. The van der Waals surface area contributed by atoms with Crippen LogP contribution in [0.2, 0.25) is 0 Å². The van der Waals surface area contributed by atoms with Gasteiger partial charge in [-0.1, -0.05) is 12.1 Å². The molecule has 5 heteroatoms. The average molecular weight is 249 g/mol. The first-order valence-corrected chi connectivity index (χ1v) is 5.78. The summed E-state index contributed by atoms with van der Waals surface area (Å²) in [5.41, 5.74) is 0.910. The second-order valence-electron chi connectivity index (χ2n) is 3.45. The fraction of sp³-hybridized carbons (Fsp3) is 0.167. The molecule has 0 saturated heterocycles. The fourth-order valence-corrected chi connectivity index (χ4v) is 2.44. The van der Waals surface area contributed by atoms with Crippen molar-refractivity contribution in [3.63, 3.8) is 0 Å². The lowest BCUT2D eigenvalue weighted by Crippen LogP contribution is -1.98. The maximum Gasteiger partial charge on any atom is 0.356 e. The van der Waals surface area contributed by atoms with Crippen molar-refractivity contribution in [2.45, 2.75) is 6.92 Å². The van der Waals surface area contributed by atoms with Crippen LogP contribution in [0.4, 0.5) is 0 Å². The molecule has 0 saturated carbocycles. The van der Waals surface area contributed by atoms with E-state index in [9.17, 15) is 4.79 Å². The molecule has 1 aromatic carbocycles. The third-order valence-electron chi connectivity index (χ3n) is 2.27. The predicted molar refractivity (Wildman–Crippen MR) is 65.8 cm³/mol. The van der Waals surface area contributed by atoms with E-state index in [2.05, 4.69) is 4.98 Å². The Bertz CT molecular complexity index is 563. The van der Waals surface area contributed by atoms with Crippen molar-refractivity contribution in [3.8, 4) is 16.2 Å². The molecule has 1 N–H and O–H groups in total. The molecular formula is C12H11NO3S. The lowest BCUT2D eigenvalue weighted by atomic mass is 10.1. The zero-order valence-corrected chi connectivity index (χ0v) is 10.2. The number of carboxylic acids is 1. The van der Waals surface area contributed by atoms with Gasteiger partial charge in [-0.3, -0.25) is 0 Å². The molecule has 0 radical (unpaired) electrons. The summed E-state index contributed by atoms with van der Waals surface area (Å²) in [6.45, 7) is 1.79. The van der Waals surface area contributed by atoms with Crippen molar-refractivity contribution in [2.24, 2.45) is 0 Å². The molecule has 2 rings (SSSR count). The first-order valence-electron chi connectivity index (χ1n) is 4.97. The summed E-state index contributed by atoms with van der Waals surface area (Å²) >= 11 is 1.37. The van der Waals surface area contributed by atoms with E-state index in [4.69, 9.17) is 9.84 Å². The van der Waals surface area contributed by atoms with Crippen LogP contribution in [0.15, 0.2) is 24.3 Å². The number of nitrogens with zero attached hydrogens (tertiary/aromatic N) is 1. The average Bonchev–Trinajstić information content (AvgIpc) is 2.72. The second kappa shape index (κ2) is 4.55. The minimum absolute atomic E-state index is 0.0979. The van der Waals surface area contributed by atoms with Crippen LogP contribution >= 0.6 is 11.3 Å². The maximum absolute atomic E-state index is 11.1. The van der Waals surface area contributed by atoms with Crippen molar-refractivity contribution in [3.05, 3.63) is 35.0 Å². The normalized spacial score (nSPS) is 10.2. The van der Waals surface area contributed by atoms with Gasteiger partial charge in [0.1, 0.15) is 5.75 Å². The predicted octanol–water partition coefficient (Wildman–Crippen LogP) is 2.83. The zero-order valence-electron chi connectivity index (χ0n) is 9.43. The van der Waals surface area contributed by atoms with Crippen LogP contribution in [0, 0.1) is 6.92 Å². The van der Waals surface area contributed by atoms with Gasteiger partial charge in [-0.15, -0.1) is 11.3 Å². The lowest BCUT2D eigenvalue weighted by Gasteiger charge is -2.02. The Morgan fingerprint density at radius 2 is 2.24 bits per heavy atom. The number of methoxy groups -OCH3 is 1. The standard InChI is InChI=1S/C12H11NO3S/c1-7-13-10(12(14)15)11(17-7)8-4-3-5-9(6-8)16-2/h3-6H,1-2H3,(H,14,15). The van der Waals surface area contributed by atoms with Crippen LogP contribution < -0.4 is 4.74 Å². The van der Waals surface area contributed by atoms with Crippen LogP contribution in [0.25, 0.3) is 10.4 Å². The number of aromatic carboxylic acids is 1. The first kappa shape index (κ1) is 11.6. The molecule has 0 aliphatic heterocycles. The van der Waals surface area contributed by atoms with Gasteiger partial charge in [0, 0.05) is 0 Å². The maximum atomic E-state index is 11.1. The van der Waals surface area contributed by atoms with Gasteiger partial charge in [0.15, 0.2) is 5.69 Å². The summed E-state index contributed by atoms with van der Waals surface area (Å²) in [6.07, 6.45) is 0. The summed E-state index contributed by atoms with van der Waals surface area (Å²) in [6, 6.07) is 7.30. The van der Waals surface area contributed by atoms with Crippen LogP contribution in [0.3, 0.4) is 0 Å². The highest BCUT2D eigenvalue weighted by molar-refractivity contribution is 7.15. The molecule has 0 amide bonds. The summed E-state index contributed by atoms with van der Waals surface area (Å²) in [5, 5.41) is 9.82. The highest BCUT2D eigenvalue weighted by atomic mass is 32.1. The molecule has 0 fully saturated rings. The molecular weight excluding hydrogens is 238 g/mol. The van der Waals surface area contributed by atoms with E-state index in [1.807, 2.05) is 18.2 Å². The minimum atomic E-state index is -1.01. The highest BCUT2D eigenvalue weighted by Crippen LogP contribution is 2.32. The molecule has 0 aliphatic rings. The van der Waals surface area contributed by atoms with E-state index in [-0.39, 0.29) is 5.69 Å². The fourth-order valence-electron chi connectivity index (χ4n) is 1.53. The van der Waals surface area contributed by atoms with E-state index in [1.54, 1.807) is 20.1 Å². The molecule has 0 bridgehead atoms. The third kappa shape index (κ3) is 2.29. The quantitative estimate of drug-likeness (QED) is 0.908. The van der Waals surface area contributed by atoms with Crippen LogP contribution in [0.1, 0.15) is 15.5 Å². The summed E-state index contributed by atoms with van der Waals surface area (Å²) in [4.78, 5) is 15.8. The number of carboxylic acid groups (broad SMARTS) is 1. The van der Waals surface area contributed by atoms with Crippen molar-refractivity contribution >= 4 is 17.3 Å². The number of carbonyl (C=O) groups is 1. The van der Waals surface area contributed by atoms with Crippen LogP contribution in [-0.2, 0) is 0 Å². The van der Waals surface area contributed by atoms with E-state index in [1.165, 1.54) is 11.3 Å². The number of hydrogen-bond donors (Lipinski definition) is 1. The van der Waals surface area contributed by atoms with E-state index in [0.717, 1.165) is 10.6 Å². The number of thiazole rings is 1. The number of aryl methyl sites for hydroxylation is 1. The Kier molecular flexibility index (Phi) is 3.10. The SMILES string of the molecule is COc1cccc(-c2sc(C)nc2C(=O)O)c1. The van der Waals surface area contributed by atoms with Gasteiger partial charge in [-0.2, -0.15) is 0 Å². The van der Waals surface area contributed by atoms with Gasteiger partial charge in [-0.25, -0.2) is 9.78 Å². The monoisotopic (exact) mass is 249 g/mol. The Morgan fingerprint density at radius 1 is 1.47 bits per heavy atom. The van der Waals surface area contributed by atoms with Gasteiger partial charge in [0.05, 0.1) is 17.0 Å². The number of ether oxygens (including phenoxy) is 1. The van der Waals surface area contributed by atoms with Gasteiger partial charge in [0.2, 0.25) is 0 Å². The third-order valence-corrected chi connectivity index (χ3v) is 3.29. The zero-order chi connectivity index (χ0) is 12.4. The molecule has 0 aliphatic carbocycles. The Labute approximate surface area is 103 Å². The molecule has 88 valence electrons. The molecule has 0 unspecified atom stereocenters. The number of aromatic nitrogens is 1. The van der Waals surface area contributed by atoms with Crippen molar-refractivity contribution in [2.75, 3.05) is 7.11 Å². The Balaban J connectivity index is 2.55. The van der Waals surface area contributed by atoms with Gasteiger partial charge in [-0.05, 0) is 24.6 Å². The number of benzene rings is 1. The molecule has 0 atom stereocenters. The lowest BCUT2D eigenvalue weighted by molar-refractivity contribution is 0.0692. The minimum Gasteiger partial charge on any atom is -0.497 e. The smallest absolute Gasteiger partial charge is 0.356 e. The van der Waals surface area contributed by atoms with Crippen LogP contribution in [-0.4, -0.2) is 23.2 Å². The van der Waals surface area contributed by atoms with Crippen LogP contribution in [0.5, 0.6) is 5.75 Å². The van der Waals surface area contributed by atoms with Crippen molar-refractivity contribution < 1.29 is 14.6 Å². The van der Waals surface area contributed by atoms with E-state index < -0.39 is 5.97 Å². The topological polar surface area (TPSA) is 59.4 Å². The van der Waals surface area contributed by atoms with Gasteiger partial charge >= 0.3 is 5.97 Å². The number of hydrogen-bond acceptors (Lipinski definition) is 4. The first-order chi connectivity index (χ1) is 8.11. The molecule has 17 heavy (non-hydrogen) atoms. The summed E-state index contributed by atoms with van der Waals surface area (Å²) in [7, 11) is 1.58.